The highest BCUT2D eigenvalue weighted by Crippen LogP contribution is 2.10. The number of hydrogen-bond donors (Lipinski definition) is 3. The zero-order valence-electron chi connectivity index (χ0n) is 20.5. The summed E-state index contributed by atoms with van der Waals surface area (Å²) in [5, 5.41) is 13.3. The van der Waals surface area contributed by atoms with Gasteiger partial charge in [-0.2, -0.15) is 11.8 Å². The molecular formula is C22H40N2O9S. The van der Waals surface area contributed by atoms with E-state index in [1.807, 2.05) is 13.8 Å². The molecule has 198 valence electrons. The second kappa shape index (κ2) is 21.8. The average Bonchev–Trinajstić information content (AvgIpc) is 2.79. The number of carbonyl (C=O) groups excluding carboxylic acids is 3. The SMILES string of the molecule is CSC(CC(=O)O)C(=O)NCCC(=O)NCCOCCOCCOCCOCCC(=O)C(C)C. The van der Waals surface area contributed by atoms with Gasteiger partial charge in [0.15, 0.2) is 0 Å². The van der Waals surface area contributed by atoms with E-state index in [2.05, 4.69) is 10.6 Å². The van der Waals surface area contributed by atoms with E-state index in [4.69, 9.17) is 24.1 Å². The van der Waals surface area contributed by atoms with Crippen molar-refractivity contribution in [1.82, 2.24) is 10.6 Å². The molecule has 0 aliphatic heterocycles. The molecule has 0 saturated heterocycles. The van der Waals surface area contributed by atoms with Gasteiger partial charge in [0.25, 0.3) is 0 Å². The van der Waals surface area contributed by atoms with E-state index in [0.29, 0.717) is 65.8 Å². The molecule has 3 N–H and O–H groups in total. The highest BCUT2D eigenvalue weighted by Gasteiger charge is 2.20. The quantitative estimate of drug-likeness (QED) is 0.167. The number of hydrogen-bond acceptors (Lipinski definition) is 9. The molecule has 0 heterocycles. The van der Waals surface area contributed by atoms with Crippen LogP contribution in [0.3, 0.4) is 0 Å². The summed E-state index contributed by atoms with van der Waals surface area (Å²) in [4.78, 5) is 45.7. The van der Waals surface area contributed by atoms with Crippen molar-refractivity contribution in [3.05, 3.63) is 0 Å². The van der Waals surface area contributed by atoms with Crippen LogP contribution in [0.15, 0.2) is 0 Å². The van der Waals surface area contributed by atoms with Crippen molar-refractivity contribution >= 4 is 35.3 Å². The summed E-state index contributed by atoms with van der Waals surface area (Å²) in [6, 6.07) is 0. The Balaban J connectivity index is 3.42. The van der Waals surface area contributed by atoms with Crippen molar-refractivity contribution in [2.45, 2.75) is 38.4 Å². The number of thioether (sulfide) groups is 1. The molecule has 0 aromatic rings. The minimum atomic E-state index is -1.04. The lowest BCUT2D eigenvalue weighted by atomic mass is 10.1. The van der Waals surface area contributed by atoms with Crippen LogP contribution < -0.4 is 10.6 Å². The van der Waals surface area contributed by atoms with Gasteiger partial charge in [-0.25, -0.2) is 0 Å². The molecule has 0 aliphatic rings. The topological polar surface area (TPSA) is 149 Å². The van der Waals surface area contributed by atoms with Crippen LogP contribution in [0.5, 0.6) is 0 Å². The Kier molecular flexibility index (Phi) is 20.7. The second-order valence-corrected chi connectivity index (χ2v) is 8.57. The molecule has 1 atom stereocenters. The van der Waals surface area contributed by atoms with Crippen molar-refractivity contribution in [1.29, 1.82) is 0 Å². The van der Waals surface area contributed by atoms with Gasteiger partial charge in [-0.15, -0.1) is 0 Å². The van der Waals surface area contributed by atoms with Crippen molar-refractivity contribution in [2.24, 2.45) is 5.92 Å². The van der Waals surface area contributed by atoms with Gasteiger partial charge >= 0.3 is 5.97 Å². The van der Waals surface area contributed by atoms with Crippen LogP contribution >= 0.6 is 11.8 Å². The minimum Gasteiger partial charge on any atom is -0.481 e. The fourth-order valence-corrected chi connectivity index (χ4v) is 3.04. The molecule has 0 saturated carbocycles. The van der Waals surface area contributed by atoms with E-state index >= 15 is 0 Å². The Hall–Kier alpha value is -1.73. The van der Waals surface area contributed by atoms with E-state index in [9.17, 15) is 19.2 Å². The Morgan fingerprint density at radius 1 is 0.765 bits per heavy atom. The highest BCUT2D eigenvalue weighted by molar-refractivity contribution is 7.99. The first-order valence-electron chi connectivity index (χ1n) is 11.4. The Morgan fingerprint density at radius 2 is 1.29 bits per heavy atom. The van der Waals surface area contributed by atoms with Gasteiger partial charge in [-0.3, -0.25) is 19.2 Å². The Bertz CT molecular complexity index is 591. The van der Waals surface area contributed by atoms with Gasteiger partial charge in [-0.1, -0.05) is 13.8 Å². The molecule has 0 bridgehead atoms. The molecule has 34 heavy (non-hydrogen) atoms. The predicted molar refractivity (Wildman–Crippen MR) is 128 cm³/mol. The van der Waals surface area contributed by atoms with Gasteiger partial charge in [0, 0.05) is 31.8 Å². The third kappa shape index (κ3) is 19.7. The summed E-state index contributed by atoms with van der Waals surface area (Å²) >= 11 is 1.16. The number of rotatable bonds is 23. The Morgan fingerprint density at radius 3 is 1.79 bits per heavy atom. The second-order valence-electron chi connectivity index (χ2n) is 7.53. The number of carbonyl (C=O) groups is 4. The Labute approximate surface area is 206 Å². The molecule has 0 aromatic carbocycles. The zero-order chi connectivity index (χ0) is 25.6. The molecule has 1 unspecified atom stereocenters. The van der Waals surface area contributed by atoms with Crippen LogP contribution in [0.2, 0.25) is 0 Å². The fourth-order valence-electron chi connectivity index (χ4n) is 2.43. The molecule has 0 aromatic heterocycles. The number of amides is 2. The first kappa shape index (κ1) is 32.3. The van der Waals surface area contributed by atoms with Crippen LogP contribution in [-0.2, 0) is 38.1 Å². The minimum absolute atomic E-state index is 0.0396. The third-order valence-corrected chi connectivity index (χ3v) is 5.36. The third-order valence-electron chi connectivity index (χ3n) is 4.41. The van der Waals surface area contributed by atoms with Crippen molar-refractivity contribution in [3.8, 4) is 0 Å². The fraction of sp³-hybridized carbons (Fsp3) is 0.818. The van der Waals surface area contributed by atoms with Crippen LogP contribution in [0.1, 0.15) is 33.1 Å². The summed E-state index contributed by atoms with van der Waals surface area (Å²) in [7, 11) is 0. The van der Waals surface area contributed by atoms with Gasteiger partial charge in [0.05, 0.1) is 64.5 Å². The summed E-state index contributed by atoms with van der Waals surface area (Å²) in [5.74, 6) is -1.43. The van der Waals surface area contributed by atoms with Gasteiger partial charge in [-0.05, 0) is 6.26 Å². The number of nitrogens with one attached hydrogen (secondary N) is 2. The summed E-state index contributed by atoms with van der Waals surface area (Å²) in [5.41, 5.74) is 0. The number of ether oxygens (including phenoxy) is 4. The van der Waals surface area contributed by atoms with Gasteiger partial charge in [0.2, 0.25) is 11.8 Å². The number of aliphatic carboxylic acids is 1. The summed E-state index contributed by atoms with van der Waals surface area (Å²) in [6.45, 7) is 7.52. The molecule has 0 radical (unpaired) electrons. The van der Waals surface area contributed by atoms with E-state index in [1.165, 1.54) is 0 Å². The molecular weight excluding hydrogens is 468 g/mol. The normalized spacial score (nSPS) is 11.9. The van der Waals surface area contributed by atoms with Crippen molar-refractivity contribution < 1.29 is 43.2 Å². The number of carboxylic acids is 1. The van der Waals surface area contributed by atoms with Crippen molar-refractivity contribution in [2.75, 3.05) is 72.2 Å². The lowest BCUT2D eigenvalue weighted by Crippen LogP contribution is -2.37. The summed E-state index contributed by atoms with van der Waals surface area (Å²) < 4.78 is 21.4. The molecule has 0 spiro atoms. The van der Waals surface area contributed by atoms with Crippen LogP contribution in [-0.4, -0.2) is 106 Å². The van der Waals surface area contributed by atoms with Crippen LogP contribution in [0, 0.1) is 5.92 Å². The zero-order valence-corrected chi connectivity index (χ0v) is 21.3. The van der Waals surface area contributed by atoms with Crippen LogP contribution in [0.4, 0.5) is 0 Å². The predicted octanol–water partition coefficient (Wildman–Crippen LogP) is 0.497. The first-order chi connectivity index (χ1) is 16.3. The average molecular weight is 509 g/mol. The molecule has 0 aliphatic carbocycles. The van der Waals surface area contributed by atoms with E-state index in [-0.39, 0.29) is 42.9 Å². The van der Waals surface area contributed by atoms with Gasteiger partial charge in [0.1, 0.15) is 5.78 Å². The van der Waals surface area contributed by atoms with E-state index in [0.717, 1.165) is 11.8 Å². The highest BCUT2D eigenvalue weighted by atomic mass is 32.2. The largest absolute Gasteiger partial charge is 0.481 e. The molecule has 2 amide bonds. The van der Waals surface area contributed by atoms with Crippen LogP contribution in [0.25, 0.3) is 0 Å². The van der Waals surface area contributed by atoms with Gasteiger partial charge < -0.3 is 34.7 Å². The summed E-state index contributed by atoms with van der Waals surface area (Å²) in [6.07, 6.45) is 1.93. The standard InChI is InChI=1S/C22H40N2O9S/c1-17(2)18(25)5-8-30-10-12-32-14-15-33-13-11-31-9-7-23-20(26)4-6-24-22(29)19(34-3)16-21(27)28/h17,19H,4-16H2,1-3H3,(H,23,26)(H,24,29)(H,27,28). The lowest BCUT2D eigenvalue weighted by Gasteiger charge is -2.12. The molecule has 0 rings (SSSR count). The number of Topliss-reactive ketones (excluding diaryl/α,β-unsaturated/α-hetero) is 1. The van der Waals surface area contributed by atoms with E-state index in [1.54, 1.807) is 6.26 Å². The van der Waals surface area contributed by atoms with E-state index < -0.39 is 11.2 Å². The molecule has 0 fully saturated rings. The first-order valence-corrected chi connectivity index (χ1v) is 12.7. The smallest absolute Gasteiger partial charge is 0.305 e. The molecule has 12 heteroatoms. The maximum atomic E-state index is 11.8. The monoisotopic (exact) mass is 508 g/mol. The number of carboxylic acid groups (broad SMARTS) is 1. The lowest BCUT2D eigenvalue weighted by molar-refractivity contribution is -0.138. The number of ketones is 1. The maximum absolute atomic E-state index is 11.8. The van der Waals surface area contributed by atoms with Crippen molar-refractivity contribution in [3.63, 3.8) is 0 Å². The maximum Gasteiger partial charge on any atom is 0.305 e. The molecule has 11 nitrogen and oxygen atoms in total.